The van der Waals surface area contributed by atoms with Crippen LogP contribution in [0.1, 0.15) is 5.76 Å². The molecular weight excluding hydrogens is 397 g/mol. The molecule has 11 heteroatoms. The number of piperazine rings is 1. The number of benzene rings is 1. The van der Waals surface area contributed by atoms with Gasteiger partial charge >= 0.3 is 12.0 Å². The van der Waals surface area contributed by atoms with Crippen LogP contribution in [0.15, 0.2) is 34.7 Å². The van der Waals surface area contributed by atoms with E-state index >= 15 is 0 Å². The van der Waals surface area contributed by atoms with Crippen LogP contribution in [0.2, 0.25) is 0 Å². The number of amides is 1. The van der Waals surface area contributed by atoms with Gasteiger partial charge in [0, 0.05) is 32.7 Å². The second-order valence-corrected chi connectivity index (χ2v) is 7.25. The molecule has 10 nitrogen and oxygen atoms in total. The van der Waals surface area contributed by atoms with Gasteiger partial charge in [-0.3, -0.25) is 19.9 Å². The van der Waals surface area contributed by atoms with E-state index in [0.717, 1.165) is 0 Å². The van der Waals surface area contributed by atoms with Gasteiger partial charge in [-0.25, -0.2) is 9.18 Å². The third kappa shape index (κ3) is 4.07. The van der Waals surface area contributed by atoms with Crippen molar-refractivity contribution >= 4 is 23.4 Å². The lowest BCUT2D eigenvalue weighted by Crippen LogP contribution is -2.46. The highest BCUT2D eigenvalue weighted by Crippen LogP contribution is 2.28. The number of carbonyl (C=O) groups is 1. The number of ether oxygens (including phenoxy) is 1. The Labute approximate surface area is 171 Å². The van der Waals surface area contributed by atoms with E-state index in [9.17, 15) is 19.3 Å². The Morgan fingerprint density at radius 1 is 1.20 bits per heavy atom. The van der Waals surface area contributed by atoms with Crippen molar-refractivity contribution in [3.63, 3.8) is 0 Å². The molecule has 2 aliphatic rings. The molecule has 0 spiro atoms. The van der Waals surface area contributed by atoms with Crippen LogP contribution in [0.5, 0.6) is 0 Å². The molecule has 1 aromatic carbocycles. The molecule has 160 valence electrons. The second kappa shape index (κ2) is 8.28. The first-order chi connectivity index (χ1) is 14.4. The van der Waals surface area contributed by atoms with Gasteiger partial charge in [-0.1, -0.05) is 0 Å². The number of cyclic esters (lactones) is 1. The molecule has 2 fully saturated rings. The normalized spacial score (nSPS) is 19.9. The van der Waals surface area contributed by atoms with E-state index in [1.807, 2.05) is 4.90 Å². The van der Waals surface area contributed by atoms with Gasteiger partial charge in [0.15, 0.2) is 0 Å². The molecule has 1 atom stereocenters. The summed E-state index contributed by atoms with van der Waals surface area (Å²) in [4.78, 5) is 27.5. The number of carbonyl (C=O) groups excluding carboxylic acids is 1. The zero-order valence-corrected chi connectivity index (χ0v) is 16.2. The first-order valence-electron chi connectivity index (χ1n) is 9.63. The molecule has 1 amide bonds. The van der Waals surface area contributed by atoms with Crippen LogP contribution in [0.25, 0.3) is 0 Å². The van der Waals surface area contributed by atoms with Gasteiger partial charge in [-0.2, -0.15) is 0 Å². The fourth-order valence-corrected chi connectivity index (χ4v) is 3.69. The Kier molecular flexibility index (Phi) is 5.55. The van der Waals surface area contributed by atoms with E-state index in [2.05, 4.69) is 4.90 Å². The first kappa shape index (κ1) is 20.1. The van der Waals surface area contributed by atoms with Crippen molar-refractivity contribution in [3.8, 4) is 0 Å². The minimum atomic E-state index is -0.564. The number of hydrogen-bond donors (Lipinski definition) is 1. The van der Waals surface area contributed by atoms with Gasteiger partial charge in [-0.15, -0.1) is 0 Å². The van der Waals surface area contributed by atoms with Crippen LogP contribution in [-0.4, -0.2) is 61.3 Å². The van der Waals surface area contributed by atoms with Gasteiger partial charge in [0.05, 0.1) is 30.5 Å². The number of nitro groups is 1. The standard InChI is InChI=1S/C19H22FN5O5/c20-16-9-13(24-12-15(10-21)30-19(24)26)1-3-17(16)23-7-5-22(6-8-23)11-14-2-4-18(29-14)25(27)28/h1-4,9,15H,5-8,10-12,21H2/t15-/m0/s1. The maximum Gasteiger partial charge on any atom is 0.433 e. The zero-order chi connectivity index (χ0) is 21.3. The van der Waals surface area contributed by atoms with Crippen molar-refractivity contribution in [2.75, 3.05) is 49.1 Å². The summed E-state index contributed by atoms with van der Waals surface area (Å²) in [6, 6.07) is 7.64. The molecule has 0 bridgehead atoms. The smallest absolute Gasteiger partial charge is 0.433 e. The maximum absolute atomic E-state index is 14.8. The SMILES string of the molecule is NC[C@H]1CN(c2ccc(N3CCN(Cc4ccc([N+](=O)[O-])o4)CC3)c(F)c2)C(=O)O1. The predicted octanol–water partition coefficient (Wildman–Crippen LogP) is 1.93. The van der Waals surface area contributed by atoms with E-state index < -0.39 is 16.8 Å². The highest BCUT2D eigenvalue weighted by Gasteiger charge is 2.32. The zero-order valence-electron chi connectivity index (χ0n) is 16.2. The average molecular weight is 419 g/mol. The summed E-state index contributed by atoms with van der Waals surface area (Å²) in [5, 5.41) is 10.7. The van der Waals surface area contributed by atoms with Gasteiger partial charge in [-0.05, 0) is 24.3 Å². The van der Waals surface area contributed by atoms with E-state index in [1.54, 1.807) is 18.2 Å². The lowest BCUT2D eigenvalue weighted by molar-refractivity contribution is -0.402. The molecule has 0 radical (unpaired) electrons. The molecule has 30 heavy (non-hydrogen) atoms. The van der Waals surface area contributed by atoms with Crippen molar-refractivity contribution in [3.05, 3.63) is 52.0 Å². The predicted molar refractivity (Wildman–Crippen MR) is 106 cm³/mol. The molecule has 0 aliphatic carbocycles. The van der Waals surface area contributed by atoms with E-state index in [4.69, 9.17) is 14.9 Å². The van der Waals surface area contributed by atoms with E-state index in [1.165, 1.54) is 17.0 Å². The fraction of sp³-hybridized carbons (Fsp3) is 0.421. The van der Waals surface area contributed by atoms with Crippen LogP contribution < -0.4 is 15.5 Å². The first-order valence-corrected chi connectivity index (χ1v) is 9.63. The summed E-state index contributed by atoms with van der Waals surface area (Å²) in [5.41, 5.74) is 6.45. The summed E-state index contributed by atoms with van der Waals surface area (Å²) in [6.07, 6.45) is -0.909. The summed E-state index contributed by atoms with van der Waals surface area (Å²) >= 11 is 0. The Bertz CT molecular complexity index is 943. The Morgan fingerprint density at radius 3 is 2.57 bits per heavy atom. The number of furan rings is 1. The lowest BCUT2D eigenvalue weighted by atomic mass is 10.2. The van der Waals surface area contributed by atoms with Crippen LogP contribution in [0, 0.1) is 15.9 Å². The van der Waals surface area contributed by atoms with E-state index in [0.29, 0.717) is 56.4 Å². The number of hydrogen-bond acceptors (Lipinski definition) is 8. The number of nitrogens with two attached hydrogens (primary N) is 1. The summed E-state index contributed by atoms with van der Waals surface area (Å²) in [7, 11) is 0. The van der Waals surface area contributed by atoms with Gasteiger partial charge in [0.25, 0.3) is 0 Å². The van der Waals surface area contributed by atoms with E-state index in [-0.39, 0.29) is 18.5 Å². The van der Waals surface area contributed by atoms with Gasteiger partial charge < -0.3 is 19.8 Å². The van der Waals surface area contributed by atoms with Crippen molar-refractivity contribution in [2.45, 2.75) is 12.6 Å². The minimum Gasteiger partial charge on any atom is -0.443 e. The number of anilines is 2. The minimum absolute atomic E-state index is 0.221. The molecule has 3 heterocycles. The Balaban J connectivity index is 1.36. The fourth-order valence-electron chi connectivity index (χ4n) is 3.69. The monoisotopic (exact) mass is 419 g/mol. The number of rotatable bonds is 6. The number of nitrogens with zero attached hydrogens (tertiary/aromatic N) is 4. The van der Waals surface area contributed by atoms with Crippen LogP contribution >= 0.6 is 0 Å². The van der Waals surface area contributed by atoms with Crippen LogP contribution in [-0.2, 0) is 11.3 Å². The van der Waals surface area contributed by atoms with Crippen molar-refractivity contribution in [1.82, 2.24) is 4.90 Å². The second-order valence-electron chi connectivity index (χ2n) is 7.25. The van der Waals surface area contributed by atoms with Crippen molar-refractivity contribution in [1.29, 1.82) is 0 Å². The Hall–Kier alpha value is -3.18. The lowest BCUT2D eigenvalue weighted by Gasteiger charge is -2.36. The summed E-state index contributed by atoms with van der Waals surface area (Å²) < 4.78 is 25.1. The molecule has 2 saturated heterocycles. The van der Waals surface area contributed by atoms with Gasteiger partial charge in [0.1, 0.15) is 22.6 Å². The van der Waals surface area contributed by atoms with Gasteiger partial charge in [0.2, 0.25) is 0 Å². The Morgan fingerprint density at radius 2 is 1.97 bits per heavy atom. The largest absolute Gasteiger partial charge is 0.443 e. The number of halogens is 1. The maximum atomic E-state index is 14.8. The molecular formula is C19H22FN5O5. The summed E-state index contributed by atoms with van der Waals surface area (Å²) in [5.74, 6) is -0.156. The van der Waals surface area contributed by atoms with Crippen molar-refractivity contribution < 1.29 is 23.3 Å². The quantitative estimate of drug-likeness (QED) is 0.557. The third-order valence-corrected chi connectivity index (χ3v) is 5.30. The van der Waals surface area contributed by atoms with Crippen LogP contribution in [0.4, 0.5) is 26.4 Å². The molecule has 0 unspecified atom stereocenters. The molecule has 0 saturated carbocycles. The van der Waals surface area contributed by atoms with Crippen molar-refractivity contribution in [2.24, 2.45) is 5.73 Å². The molecule has 2 aliphatic heterocycles. The third-order valence-electron chi connectivity index (χ3n) is 5.30. The topological polar surface area (TPSA) is 118 Å². The molecule has 2 aromatic rings. The molecule has 1 aromatic heterocycles. The highest BCUT2D eigenvalue weighted by molar-refractivity contribution is 5.90. The highest BCUT2D eigenvalue weighted by atomic mass is 19.1. The van der Waals surface area contributed by atoms with Crippen LogP contribution in [0.3, 0.4) is 0 Å². The molecule has 4 rings (SSSR count). The average Bonchev–Trinajstić information content (AvgIpc) is 3.35. The molecule has 2 N–H and O–H groups in total. The summed E-state index contributed by atoms with van der Waals surface area (Å²) in [6.45, 7) is 3.50.